The summed E-state index contributed by atoms with van der Waals surface area (Å²) >= 11 is 0. The average Bonchev–Trinajstić information content (AvgIpc) is 2.65. The van der Waals surface area contributed by atoms with Gasteiger partial charge in [0.05, 0.1) is 18.9 Å². The highest BCUT2D eigenvalue weighted by Crippen LogP contribution is 2.42. The summed E-state index contributed by atoms with van der Waals surface area (Å²) in [7, 11) is 3.76. The van der Waals surface area contributed by atoms with Gasteiger partial charge in [-0.25, -0.2) is 0 Å². The van der Waals surface area contributed by atoms with Crippen LogP contribution in [0.15, 0.2) is 24.3 Å². The molecule has 2 unspecified atom stereocenters. The van der Waals surface area contributed by atoms with Gasteiger partial charge in [0, 0.05) is 19.5 Å². The van der Waals surface area contributed by atoms with Crippen LogP contribution in [-0.4, -0.2) is 31.9 Å². The Labute approximate surface area is 116 Å². The van der Waals surface area contributed by atoms with Crippen molar-refractivity contribution in [2.45, 2.75) is 32.8 Å². The predicted molar refractivity (Wildman–Crippen MR) is 78.8 cm³/mol. The number of hydrogen-bond acceptors (Lipinski definition) is 3. The van der Waals surface area contributed by atoms with Crippen LogP contribution in [0.3, 0.4) is 0 Å². The Morgan fingerprint density at radius 3 is 2.63 bits per heavy atom. The van der Waals surface area contributed by atoms with Crippen LogP contribution in [0.1, 0.15) is 26.7 Å². The van der Waals surface area contributed by atoms with Crippen molar-refractivity contribution in [2.24, 2.45) is 11.3 Å². The fourth-order valence-electron chi connectivity index (χ4n) is 3.09. The molecule has 1 fully saturated rings. The van der Waals surface area contributed by atoms with Gasteiger partial charge in [0.25, 0.3) is 0 Å². The summed E-state index contributed by atoms with van der Waals surface area (Å²) in [6.45, 7) is 5.17. The Hall–Kier alpha value is -1.22. The van der Waals surface area contributed by atoms with Crippen LogP contribution in [0.5, 0.6) is 5.75 Å². The lowest BCUT2D eigenvalue weighted by molar-refractivity contribution is 0.0484. The Balaban J connectivity index is 2.08. The SMILES string of the molecule is COc1ccccc1N(C)CC1CCC(C)(C)C1O. The van der Waals surface area contributed by atoms with E-state index in [9.17, 15) is 5.11 Å². The van der Waals surface area contributed by atoms with Gasteiger partial charge in [-0.2, -0.15) is 0 Å². The minimum Gasteiger partial charge on any atom is -0.495 e. The van der Waals surface area contributed by atoms with Crippen LogP contribution in [0, 0.1) is 11.3 Å². The molecule has 1 N–H and O–H groups in total. The molecule has 106 valence electrons. The number of methoxy groups -OCH3 is 1. The maximum Gasteiger partial charge on any atom is 0.142 e. The highest BCUT2D eigenvalue weighted by Gasteiger charge is 2.41. The second-order valence-electron chi connectivity index (χ2n) is 6.28. The third kappa shape index (κ3) is 2.86. The number of rotatable bonds is 4. The van der Waals surface area contributed by atoms with Crippen LogP contribution in [0.4, 0.5) is 5.69 Å². The average molecular weight is 263 g/mol. The Morgan fingerprint density at radius 1 is 1.37 bits per heavy atom. The highest BCUT2D eigenvalue weighted by atomic mass is 16.5. The van der Waals surface area contributed by atoms with E-state index in [0.29, 0.717) is 5.92 Å². The molecule has 0 saturated heterocycles. The number of aliphatic hydroxyl groups excluding tert-OH is 1. The molecule has 1 aromatic carbocycles. The maximum absolute atomic E-state index is 10.4. The van der Waals surface area contributed by atoms with E-state index in [1.807, 2.05) is 18.2 Å². The number of nitrogens with zero attached hydrogens (tertiary/aromatic N) is 1. The van der Waals surface area contributed by atoms with Crippen LogP contribution >= 0.6 is 0 Å². The molecule has 2 atom stereocenters. The van der Waals surface area contributed by atoms with Crippen LogP contribution in [0.25, 0.3) is 0 Å². The lowest BCUT2D eigenvalue weighted by Crippen LogP contribution is -2.35. The van der Waals surface area contributed by atoms with Gasteiger partial charge in [0.1, 0.15) is 5.75 Å². The van der Waals surface area contributed by atoms with Crippen LogP contribution < -0.4 is 9.64 Å². The lowest BCUT2D eigenvalue weighted by Gasteiger charge is -2.30. The van der Waals surface area contributed by atoms with Crippen molar-refractivity contribution >= 4 is 5.69 Å². The molecule has 1 aliphatic carbocycles. The first-order valence-electron chi connectivity index (χ1n) is 6.98. The van der Waals surface area contributed by atoms with E-state index in [4.69, 9.17) is 4.74 Å². The number of aliphatic hydroxyl groups is 1. The summed E-state index contributed by atoms with van der Waals surface area (Å²) in [6, 6.07) is 8.03. The molecule has 0 aromatic heterocycles. The second-order valence-corrected chi connectivity index (χ2v) is 6.28. The Kier molecular flexibility index (Phi) is 4.04. The topological polar surface area (TPSA) is 32.7 Å². The highest BCUT2D eigenvalue weighted by molar-refractivity contribution is 5.57. The molecule has 0 radical (unpaired) electrons. The van der Waals surface area contributed by atoms with Crippen molar-refractivity contribution in [2.75, 3.05) is 25.6 Å². The molecule has 1 aliphatic rings. The lowest BCUT2D eigenvalue weighted by atomic mass is 9.87. The zero-order valence-corrected chi connectivity index (χ0v) is 12.4. The van der Waals surface area contributed by atoms with E-state index < -0.39 is 0 Å². The Bertz CT molecular complexity index is 431. The van der Waals surface area contributed by atoms with Crippen molar-refractivity contribution in [3.63, 3.8) is 0 Å². The molecular weight excluding hydrogens is 238 g/mol. The van der Waals surface area contributed by atoms with Crippen molar-refractivity contribution in [3.8, 4) is 5.75 Å². The molecular formula is C16H25NO2. The minimum atomic E-state index is -0.218. The molecule has 1 saturated carbocycles. The first-order chi connectivity index (χ1) is 8.95. The van der Waals surface area contributed by atoms with Gasteiger partial charge >= 0.3 is 0 Å². The van der Waals surface area contributed by atoms with Gasteiger partial charge in [-0.3, -0.25) is 0 Å². The molecule has 2 rings (SSSR count). The number of ether oxygens (including phenoxy) is 1. The van der Waals surface area contributed by atoms with E-state index in [1.54, 1.807) is 7.11 Å². The monoisotopic (exact) mass is 263 g/mol. The van der Waals surface area contributed by atoms with Crippen molar-refractivity contribution < 1.29 is 9.84 Å². The number of hydrogen-bond donors (Lipinski definition) is 1. The zero-order valence-electron chi connectivity index (χ0n) is 12.4. The van der Waals surface area contributed by atoms with E-state index in [2.05, 4.69) is 31.9 Å². The van der Waals surface area contributed by atoms with Gasteiger partial charge in [-0.05, 0) is 30.4 Å². The van der Waals surface area contributed by atoms with E-state index in [-0.39, 0.29) is 11.5 Å². The van der Waals surface area contributed by atoms with Gasteiger partial charge in [-0.1, -0.05) is 26.0 Å². The maximum atomic E-state index is 10.4. The summed E-state index contributed by atoms with van der Waals surface area (Å²) in [5.74, 6) is 1.22. The fraction of sp³-hybridized carbons (Fsp3) is 0.625. The molecule has 0 heterocycles. The third-order valence-corrected chi connectivity index (χ3v) is 4.41. The predicted octanol–water partition coefficient (Wildman–Crippen LogP) is 2.93. The number of para-hydroxylation sites is 2. The number of benzene rings is 1. The van der Waals surface area contributed by atoms with Gasteiger partial charge in [0.2, 0.25) is 0 Å². The standard InChI is InChI=1S/C16H25NO2/c1-16(2)10-9-12(15(16)18)11-17(3)13-7-5-6-8-14(13)19-4/h5-8,12,15,18H,9-11H2,1-4H3. The van der Waals surface area contributed by atoms with Gasteiger partial charge < -0.3 is 14.7 Å². The molecule has 0 bridgehead atoms. The molecule has 0 amide bonds. The summed E-state index contributed by atoms with van der Waals surface area (Å²) in [5.41, 5.74) is 1.13. The summed E-state index contributed by atoms with van der Waals surface area (Å²) < 4.78 is 5.39. The largest absolute Gasteiger partial charge is 0.495 e. The summed E-state index contributed by atoms with van der Waals surface area (Å²) in [4.78, 5) is 2.19. The molecule has 3 nitrogen and oxygen atoms in total. The van der Waals surface area contributed by atoms with Crippen molar-refractivity contribution in [1.29, 1.82) is 0 Å². The minimum absolute atomic E-state index is 0.0479. The van der Waals surface area contributed by atoms with Gasteiger partial charge in [-0.15, -0.1) is 0 Å². The molecule has 1 aromatic rings. The molecule has 0 spiro atoms. The normalized spacial score (nSPS) is 25.3. The van der Waals surface area contributed by atoms with Crippen molar-refractivity contribution in [1.82, 2.24) is 0 Å². The fourth-order valence-corrected chi connectivity index (χ4v) is 3.09. The zero-order chi connectivity index (χ0) is 14.0. The third-order valence-electron chi connectivity index (χ3n) is 4.41. The summed E-state index contributed by atoms with van der Waals surface area (Å²) in [6.07, 6.45) is 1.97. The number of anilines is 1. The van der Waals surface area contributed by atoms with E-state index in [0.717, 1.165) is 30.8 Å². The van der Waals surface area contributed by atoms with Crippen LogP contribution in [0.2, 0.25) is 0 Å². The van der Waals surface area contributed by atoms with Crippen LogP contribution in [-0.2, 0) is 0 Å². The smallest absolute Gasteiger partial charge is 0.142 e. The first kappa shape index (κ1) is 14.2. The second kappa shape index (κ2) is 5.41. The molecule has 3 heteroatoms. The first-order valence-corrected chi connectivity index (χ1v) is 6.98. The Morgan fingerprint density at radius 2 is 2.05 bits per heavy atom. The summed E-state index contributed by atoms with van der Waals surface area (Å²) in [5, 5.41) is 10.4. The van der Waals surface area contributed by atoms with Gasteiger partial charge in [0.15, 0.2) is 0 Å². The van der Waals surface area contributed by atoms with E-state index in [1.165, 1.54) is 0 Å². The quantitative estimate of drug-likeness (QED) is 0.906. The van der Waals surface area contributed by atoms with E-state index >= 15 is 0 Å². The molecule has 19 heavy (non-hydrogen) atoms. The van der Waals surface area contributed by atoms with Crippen molar-refractivity contribution in [3.05, 3.63) is 24.3 Å². The molecule has 0 aliphatic heterocycles.